The molecule has 0 aliphatic rings. The van der Waals surface area contributed by atoms with Crippen molar-refractivity contribution in [3.05, 3.63) is 18.0 Å². The van der Waals surface area contributed by atoms with Gasteiger partial charge in [-0.2, -0.15) is 0 Å². The average Bonchev–Trinajstić information content (AvgIpc) is 2.88. The van der Waals surface area contributed by atoms with Gasteiger partial charge >= 0.3 is 0 Å². The number of nitrogens with two attached hydrogens (primary N) is 1. The number of methoxy groups -OCH3 is 2. The van der Waals surface area contributed by atoms with Crippen molar-refractivity contribution >= 4 is 11.0 Å². The van der Waals surface area contributed by atoms with Crippen LogP contribution in [0.5, 0.6) is 11.5 Å². The highest BCUT2D eigenvalue weighted by atomic mass is 16.5. The van der Waals surface area contributed by atoms with Gasteiger partial charge in [0.2, 0.25) is 0 Å². The molecule has 0 spiro atoms. The first kappa shape index (κ1) is 16.6. The van der Waals surface area contributed by atoms with Crippen molar-refractivity contribution in [1.82, 2.24) is 9.55 Å². The third kappa shape index (κ3) is 3.34. The van der Waals surface area contributed by atoms with E-state index in [9.17, 15) is 0 Å². The Kier molecular flexibility index (Phi) is 5.63. The Morgan fingerprint density at radius 1 is 1.14 bits per heavy atom. The molecule has 2 N–H and O–H groups in total. The van der Waals surface area contributed by atoms with E-state index in [1.54, 1.807) is 14.2 Å². The summed E-state index contributed by atoms with van der Waals surface area (Å²) in [6.07, 6.45) is 0. The predicted octanol–water partition coefficient (Wildman–Crippen LogP) is 2.15. The first-order valence-electron chi connectivity index (χ1n) is 7.52. The van der Waals surface area contributed by atoms with Crippen LogP contribution in [-0.4, -0.2) is 43.5 Å². The van der Waals surface area contributed by atoms with Crippen LogP contribution in [0.4, 0.5) is 0 Å². The minimum absolute atomic E-state index is 0.318. The largest absolute Gasteiger partial charge is 0.493 e. The van der Waals surface area contributed by atoms with Crippen molar-refractivity contribution in [1.29, 1.82) is 0 Å². The van der Waals surface area contributed by atoms with Gasteiger partial charge in [0.25, 0.3) is 0 Å². The van der Waals surface area contributed by atoms with Gasteiger partial charge in [0.1, 0.15) is 5.82 Å². The maximum absolute atomic E-state index is 5.51. The first-order chi connectivity index (χ1) is 10.6. The molecule has 22 heavy (non-hydrogen) atoms. The topological polar surface area (TPSA) is 71.5 Å². The zero-order chi connectivity index (χ0) is 16.1. The van der Waals surface area contributed by atoms with E-state index in [0.29, 0.717) is 37.2 Å². The molecule has 6 heteroatoms. The van der Waals surface area contributed by atoms with E-state index in [-0.39, 0.29) is 0 Å². The molecule has 0 unspecified atom stereocenters. The van der Waals surface area contributed by atoms with Gasteiger partial charge in [-0.3, -0.25) is 0 Å². The van der Waals surface area contributed by atoms with Crippen LogP contribution in [0, 0.1) is 0 Å². The second-order valence-corrected chi connectivity index (χ2v) is 5.37. The summed E-state index contributed by atoms with van der Waals surface area (Å²) in [4.78, 5) is 4.74. The first-order valence-corrected chi connectivity index (χ1v) is 7.52. The molecule has 6 nitrogen and oxygen atoms in total. The minimum atomic E-state index is 0.318. The Hall–Kier alpha value is -1.79. The number of hydrogen-bond acceptors (Lipinski definition) is 5. The molecule has 0 amide bonds. The number of ether oxygens (including phenoxy) is 3. The van der Waals surface area contributed by atoms with E-state index in [4.69, 9.17) is 24.9 Å². The van der Waals surface area contributed by atoms with Gasteiger partial charge in [-0.25, -0.2) is 4.98 Å². The molecule has 0 bridgehead atoms. The number of nitrogens with zero attached hydrogens (tertiary/aromatic N) is 2. The van der Waals surface area contributed by atoms with E-state index in [1.807, 2.05) is 12.1 Å². The lowest BCUT2D eigenvalue weighted by Crippen LogP contribution is -2.14. The maximum atomic E-state index is 5.51. The summed E-state index contributed by atoms with van der Waals surface area (Å²) in [6.45, 7) is 6.71. The number of aromatic nitrogens is 2. The second-order valence-electron chi connectivity index (χ2n) is 5.37. The van der Waals surface area contributed by atoms with Crippen molar-refractivity contribution in [3.8, 4) is 11.5 Å². The predicted molar refractivity (Wildman–Crippen MR) is 86.8 cm³/mol. The van der Waals surface area contributed by atoms with E-state index < -0.39 is 0 Å². The fourth-order valence-corrected chi connectivity index (χ4v) is 2.49. The van der Waals surface area contributed by atoms with Crippen molar-refractivity contribution in [2.45, 2.75) is 26.3 Å². The summed E-state index contributed by atoms with van der Waals surface area (Å²) in [6, 6.07) is 3.88. The SMILES string of the molecule is COc1cc2nc(C(C)C)n(CCOCCN)c2cc1OC. The molecule has 122 valence electrons. The number of benzene rings is 1. The minimum Gasteiger partial charge on any atom is -0.493 e. The second kappa shape index (κ2) is 7.47. The van der Waals surface area contributed by atoms with Crippen LogP contribution in [-0.2, 0) is 11.3 Å². The van der Waals surface area contributed by atoms with Gasteiger partial charge in [-0.15, -0.1) is 0 Å². The zero-order valence-corrected chi connectivity index (χ0v) is 13.8. The molecule has 0 saturated heterocycles. The summed E-state index contributed by atoms with van der Waals surface area (Å²) < 4.78 is 18.4. The van der Waals surface area contributed by atoms with Gasteiger partial charge in [-0.05, 0) is 0 Å². The Bertz CT molecular complexity index is 623. The molecule has 1 aromatic carbocycles. The highest BCUT2D eigenvalue weighted by Crippen LogP contribution is 2.33. The number of rotatable bonds is 8. The zero-order valence-electron chi connectivity index (χ0n) is 13.8. The third-order valence-corrected chi connectivity index (χ3v) is 3.52. The molecule has 0 fully saturated rings. The molecule has 0 aliphatic heterocycles. The van der Waals surface area contributed by atoms with E-state index in [2.05, 4.69) is 18.4 Å². The Morgan fingerprint density at radius 2 is 1.82 bits per heavy atom. The summed E-state index contributed by atoms with van der Waals surface area (Å²) in [5.41, 5.74) is 7.38. The quantitative estimate of drug-likeness (QED) is 0.757. The lowest BCUT2D eigenvalue weighted by atomic mass is 10.2. The fourth-order valence-electron chi connectivity index (χ4n) is 2.49. The molecule has 0 atom stereocenters. The smallest absolute Gasteiger partial charge is 0.163 e. The number of fused-ring (bicyclic) bond motifs is 1. The van der Waals surface area contributed by atoms with Crippen LogP contribution in [0.2, 0.25) is 0 Å². The Morgan fingerprint density at radius 3 is 2.41 bits per heavy atom. The molecule has 1 heterocycles. The highest BCUT2D eigenvalue weighted by Gasteiger charge is 2.16. The molecule has 2 rings (SSSR count). The monoisotopic (exact) mass is 307 g/mol. The van der Waals surface area contributed by atoms with Crippen LogP contribution in [0.25, 0.3) is 11.0 Å². The van der Waals surface area contributed by atoms with Crippen LogP contribution in [0.3, 0.4) is 0 Å². The Balaban J connectivity index is 2.43. The Labute approximate surface area is 131 Å². The van der Waals surface area contributed by atoms with E-state index in [0.717, 1.165) is 23.4 Å². The normalized spacial score (nSPS) is 11.4. The maximum Gasteiger partial charge on any atom is 0.163 e. The summed E-state index contributed by atoms with van der Waals surface area (Å²) in [7, 11) is 3.27. The molecule has 2 aromatic rings. The molecule has 0 radical (unpaired) electrons. The lowest BCUT2D eigenvalue weighted by molar-refractivity contribution is 0.133. The number of hydrogen-bond donors (Lipinski definition) is 1. The van der Waals surface area contributed by atoms with Gasteiger partial charge in [0.05, 0.1) is 38.5 Å². The molecule has 1 aromatic heterocycles. The van der Waals surface area contributed by atoms with Gasteiger partial charge in [0, 0.05) is 31.1 Å². The summed E-state index contributed by atoms with van der Waals surface area (Å²) >= 11 is 0. The fraction of sp³-hybridized carbons (Fsp3) is 0.562. The molecule has 0 saturated carbocycles. The van der Waals surface area contributed by atoms with E-state index >= 15 is 0 Å². The van der Waals surface area contributed by atoms with Crippen molar-refractivity contribution in [2.24, 2.45) is 5.73 Å². The summed E-state index contributed by atoms with van der Waals surface area (Å²) in [5, 5.41) is 0. The van der Waals surface area contributed by atoms with E-state index in [1.165, 1.54) is 0 Å². The molecular formula is C16H25N3O3. The highest BCUT2D eigenvalue weighted by molar-refractivity contribution is 5.80. The van der Waals surface area contributed by atoms with Crippen LogP contribution in [0.15, 0.2) is 12.1 Å². The lowest BCUT2D eigenvalue weighted by Gasteiger charge is -2.12. The van der Waals surface area contributed by atoms with Crippen LogP contribution < -0.4 is 15.2 Å². The van der Waals surface area contributed by atoms with Crippen molar-refractivity contribution < 1.29 is 14.2 Å². The molecular weight excluding hydrogens is 282 g/mol. The number of imidazole rings is 1. The molecule has 0 aliphatic carbocycles. The average molecular weight is 307 g/mol. The van der Waals surface area contributed by atoms with Gasteiger partial charge in [0.15, 0.2) is 11.5 Å². The van der Waals surface area contributed by atoms with Crippen molar-refractivity contribution in [3.63, 3.8) is 0 Å². The van der Waals surface area contributed by atoms with Crippen LogP contribution >= 0.6 is 0 Å². The van der Waals surface area contributed by atoms with Gasteiger partial charge in [-0.1, -0.05) is 13.8 Å². The van der Waals surface area contributed by atoms with Crippen LogP contribution in [0.1, 0.15) is 25.6 Å². The van der Waals surface area contributed by atoms with Gasteiger partial charge < -0.3 is 24.5 Å². The standard InChI is InChI=1S/C16H25N3O3/c1-11(2)16-18-12-9-14(20-3)15(21-4)10-13(12)19(16)6-8-22-7-5-17/h9-11H,5-8,17H2,1-4H3. The third-order valence-electron chi connectivity index (χ3n) is 3.52. The summed E-state index contributed by atoms with van der Waals surface area (Å²) in [5.74, 6) is 2.74. The van der Waals surface area contributed by atoms with Crippen molar-refractivity contribution in [2.75, 3.05) is 34.0 Å².